The van der Waals surface area contributed by atoms with Gasteiger partial charge in [0, 0.05) is 37.6 Å². The topological polar surface area (TPSA) is 37.3 Å². The Labute approximate surface area is 141 Å². The van der Waals surface area contributed by atoms with E-state index >= 15 is 0 Å². The third-order valence-corrected chi connectivity index (χ3v) is 4.64. The minimum absolute atomic E-state index is 0.0612. The van der Waals surface area contributed by atoms with Gasteiger partial charge in [-0.25, -0.2) is 0 Å². The number of fused-ring (bicyclic) bond motifs is 1. The lowest BCUT2D eigenvalue weighted by atomic mass is 10.1. The van der Waals surface area contributed by atoms with Crippen molar-refractivity contribution in [2.75, 3.05) is 31.1 Å². The normalized spacial score (nSPS) is 14.9. The van der Waals surface area contributed by atoms with E-state index in [2.05, 4.69) is 28.4 Å². The molecule has 0 amide bonds. The maximum absolute atomic E-state index is 12.8. The van der Waals surface area contributed by atoms with Gasteiger partial charge in [-0.1, -0.05) is 48.5 Å². The number of hydrogen-bond acceptors (Lipinski definition) is 3. The zero-order valence-corrected chi connectivity index (χ0v) is 13.6. The first-order valence-corrected chi connectivity index (χ1v) is 8.45. The Morgan fingerprint density at radius 1 is 0.917 bits per heavy atom. The molecular weight excluding hydrogens is 298 g/mol. The van der Waals surface area contributed by atoms with E-state index in [1.165, 1.54) is 0 Å². The summed E-state index contributed by atoms with van der Waals surface area (Å²) < 4.78 is 1.87. The molecule has 1 aliphatic heterocycles. The fraction of sp³-hybridized carbons (Fsp3) is 0.250. The van der Waals surface area contributed by atoms with Crippen LogP contribution in [0, 0.1) is 0 Å². The molecule has 3 aromatic rings. The highest BCUT2D eigenvalue weighted by atomic mass is 16.1. The Kier molecular flexibility index (Phi) is 4.05. The second-order valence-electron chi connectivity index (χ2n) is 6.19. The molecule has 2 heterocycles. The molecule has 4 heteroatoms. The monoisotopic (exact) mass is 319 g/mol. The minimum Gasteiger partial charge on any atom is -0.368 e. The van der Waals surface area contributed by atoms with Gasteiger partial charge in [0.1, 0.15) is 0 Å². The van der Waals surface area contributed by atoms with Crippen LogP contribution < -0.4 is 15.8 Å². The zero-order valence-electron chi connectivity index (χ0n) is 13.6. The van der Waals surface area contributed by atoms with Gasteiger partial charge in [0.05, 0.1) is 17.7 Å². The number of nitrogens with one attached hydrogen (secondary N) is 1. The highest BCUT2D eigenvalue weighted by Gasteiger charge is 2.16. The standard InChI is InChI=1S/C20H21N3O/c24-20-14-19(22-12-10-21-11-13-22)17-8-4-5-9-18(17)23(20)15-16-6-2-1-3-7-16/h1-9,14,21H,10-13,15H2. The lowest BCUT2D eigenvalue weighted by Gasteiger charge is -2.30. The van der Waals surface area contributed by atoms with E-state index in [-0.39, 0.29) is 5.56 Å². The van der Waals surface area contributed by atoms with Crippen LogP contribution in [-0.4, -0.2) is 30.7 Å². The van der Waals surface area contributed by atoms with Crippen molar-refractivity contribution >= 4 is 16.6 Å². The second-order valence-corrected chi connectivity index (χ2v) is 6.19. The average Bonchev–Trinajstić information content (AvgIpc) is 2.65. The van der Waals surface area contributed by atoms with Crippen molar-refractivity contribution < 1.29 is 0 Å². The van der Waals surface area contributed by atoms with Crippen molar-refractivity contribution in [1.29, 1.82) is 0 Å². The van der Waals surface area contributed by atoms with Gasteiger partial charge in [-0.15, -0.1) is 0 Å². The Hall–Kier alpha value is -2.59. The summed E-state index contributed by atoms with van der Waals surface area (Å²) in [6, 6.07) is 20.2. The van der Waals surface area contributed by atoms with Crippen LogP contribution in [0.1, 0.15) is 5.56 Å². The third kappa shape index (κ3) is 2.81. The summed E-state index contributed by atoms with van der Waals surface area (Å²) in [5, 5.41) is 4.51. The summed E-state index contributed by atoms with van der Waals surface area (Å²) in [5.74, 6) is 0. The smallest absolute Gasteiger partial charge is 0.253 e. The molecule has 4 rings (SSSR count). The molecule has 0 spiro atoms. The Balaban J connectivity index is 1.84. The SMILES string of the molecule is O=c1cc(N2CCNCC2)c2ccccc2n1Cc1ccccc1. The van der Waals surface area contributed by atoms with Gasteiger partial charge < -0.3 is 14.8 Å². The van der Waals surface area contributed by atoms with Crippen LogP contribution in [0.25, 0.3) is 10.9 Å². The Morgan fingerprint density at radius 3 is 2.42 bits per heavy atom. The highest BCUT2D eigenvalue weighted by Crippen LogP contribution is 2.25. The van der Waals surface area contributed by atoms with Crippen molar-refractivity contribution in [3.8, 4) is 0 Å². The summed E-state index contributed by atoms with van der Waals surface area (Å²) in [4.78, 5) is 15.1. The Morgan fingerprint density at radius 2 is 1.62 bits per heavy atom. The summed E-state index contributed by atoms with van der Waals surface area (Å²) in [6.45, 7) is 4.39. The number of para-hydroxylation sites is 1. The van der Waals surface area contributed by atoms with Crippen LogP contribution >= 0.6 is 0 Å². The van der Waals surface area contributed by atoms with E-state index in [4.69, 9.17) is 0 Å². The van der Waals surface area contributed by atoms with Gasteiger partial charge in [-0.05, 0) is 11.6 Å². The molecule has 1 N–H and O–H groups in total. The van der Waals surface area contributed by atoms with Crippen molar-refractivity contribution in [1.82, 2.24) is 9.88 Å². The molecule has 1 aromatic heterocycles. The summed E-state index contributed by atoms with van der Waals surface area (Å²) >= 11 is 0. The highest BCUT2D eigenvalue weighted by molar-refractivity contribution is 5.92. The summed E-state index contributed by atoms with van der Waals surface area (Å²) in [6.07, 6.45) is 0. The maximum atomic E-state index is 12.8. The van der Waals surface area contributed by atoms with Crippen molar-refractivity contribution in [3.05, 3.63) is 76.6 Å². The van der Waals surface area contributed by atoms with E-state index in [9.17, 15) is 4.79 Å². The first-order valence-electron chi connectivity index (χ1n) is 8.45. The quantitative estimate of drug-likeness (QED) is 0.806. The van der Waals surface area contributed by atoms with Crippen molar-refractivity contribution in [2.24, 2.45) is 0 Å². The van der Waals surface area contributed by atoms with Crippen LogP contribution in [0.2, 0.25) is 0 Å². The van der Waals surface area contributed by atoms with Crippen molar-refractivity contribution in [2.45, 2.75) is 6.54 Å². The fourth-order valence-electron chi connectivity index (χ4n) is 3.41. The average molecular weight is 319 g/mol. The van der Waals surface area contributed by atoms with Crippen LogP contribution in [-0.2, 0) is 6.54 Å². The van der Waals surface area contributed by atoms with Crippen molar-refractivity contribution in [3.63, 3.8) is 0 Å². The lowest BCUT2D eigenvalue weighted by Crippen LogP contribution is -2.44. The van der Waals surface area contributed by atoms with Gasteiger partial charge in [0.2, 0.25) is 0 Å². The number of anilines is 1. The van der Waals surface area contributed by atoms with Crippen LogP contribution in [0.3, 0.4) is 0 Å². The molecule has 2 aromatic carbocycles. The minimum atomic E-state index is 0.0612. The largest absolute Gasteiger partial charge is 0.368 e. The number of piperazine rings is 1. The van der Waals surface area contributed by atoms with E-state index in [0.717, 1.165) is 48.3 Å². The molecule has 1 saturated heterocycles. The molecular formula is C20H21N3O. The molecule has 0 unspecified atom stereocenters. The summed E-state index contributed by atoms with van der Waals surface area (Å²) in [7, 11) is 0. The molecule has 4 nitrogen and oxygen atoms in total. The van der Waals surface area contributed by atoms with Gasteiger partial charge in [0.15, 0.2) is 0 Å². The maximum Gasteiger partial charge on any atom is 0.253 e. The molecule has 0 bridgehead atoms. The van der Waals surface area contributed by atoms with E-state index in [1.807, 2.05) is 41.0 Å². The van der Waals surface area contributed by atoms with Gasteiger partial charge in [0.25, 0.3) is 5.56 Å². The third-order valence-electron chi connectivity index (χ3n) is 4.64. The van der Waals surface area contributed by atoms with Gasteiger partial charge >= 0.3 is 0 Å². The first-order chi connectivity index (χ1) is 11.8. The van der Waals surface area contributed by atoms with E-state index in [0.29, 0.717) is 6.54 Å². The number of nitrogens with zero attached hydrogens (tertiary/aromatic N) is 2. The number of pyridine rings is 1. The molecule has 0 saturated carbocycles. The van der Waals surface area contributed by atoms with Crippen LogP contribution in [0.15, 0.2) is 65.5 Å². The van der Waals surface area contributed by atoms with E-state index in [1.54, 1.807) is 6.07 Å². The molecule has 24 heavy (non-hydrogen) atoms. The molecule has 0 radical (unpaired) electrons. The molecule has 1 aliphatic rings. The van der Waals surface area contributed by atoms with Crippen LogP contribution in [0.4, 0.5) is 5.69 Å². The van der Waals surface area contributed by atoms with E-state index < -0.39 is 0 Å². The summed E-state index contributed by atoms with van der Waals surface area (Å²) in [5.41, 5.74) is 3.26. The van der Waals surface area contributed by atoms with Gasteiger partial charge in [-0.3, -0.25) is 4.79 Å². The van der Waals surface area contributed by atoms with Gasteiger partial charge in [-0.2, -0.15) is 0 Å². The number of rotatable bonds is 3. The molecule has 1 fully saturated rings. The number of aromatic nitrogens is 1. The molecule has 122 valence electrons. The fourth-order valence-corrected chi connectivity index (χ4v) is 3.41. The molecule has 0 atom stereocenters. The second kappa shape index (κ2) is 6.49. The predicted octanol–water partition coefficient (Wildman–Crippen LogP) is 2.46. The number of benzene rings is 2. The lowest BCUT2D eigenvalue weighted by molar-refractivity contribution is 0.589. The molecule has 0 aliphatic carbocycles. The Bertz CT molecular complexity index is 896. The first kappa shape index (κ1) is 15.0. The van der Waals surface area contributed by atoms with Crippen LogP contribution in [0.5, 0.6) is 0 Å². The predicted molar refractivity (Wildman–Crippen MR) is 98.8 cm³/mol. The number of hydrogen-bond donors (Lipinski definition) is 1. The zero-order chi connectivity index (χ0) is 16.4.